The summed E-state index contributed by atoms with van der Waals surface area (Å²) in [5.41, 5.74) is -0.711. The van der Waals surface area contributed by atoms with E-state index >= 15 is 0 Å². The van der Waals surface area contributed by atoms with Crippen LogP contribution in [0.2, 0.25) is 0 Å². The van der Waals surface area contributed by atoms with Crippen molar-refractivity contribution in [1.29, 1.82) is 0 Å². The molecule has 15 heavy (non-hydrogen) atoms. The van der Waals surface area contributed by atoms with Gasteiger partial charge in [0.15, 0.2) is 4.51 Å². The molecule has 1 aromatic rings. The molecule has 1 nitrogen and oxygen atoms in total. The topological polar surface area (TPSA) is 9.23 Å². The maximum absolute atomic E-state index is 12.3. The number of rotatable bonds is 2. The zero-order chi connectivity index (χ0) is 11.7. The molecule has 84 valence electrons. The average Bonchev–Trinajstić information content (AvgIpc) is 1.99. The van der Waals surface area contributed by atoms with Crippen molar-refractivity contribution in [3.05, 3.63) is 29.8 Å². The Balaban J connectivity index is 2.94. The quantitative estimate of drug-likeness (QED) is 0.738. The molecule has 0 N–H and O–H groups in total. The second kappa shape index (κ2) is 4.04. The Kier molecular flexibility index (Phi) is 3.33. The van der Waals surface area contributed by atoms with Crippen LogP contribution < -0.4 is 4.74 Å². The van der Waals surface area contributed by atoms with Gasteiger partial charge in [0.2, 0.25) is 0 Å². The van der Waals surface area contributed by atoms with Gasteiger partial charge in [-0.1, -0.05) is 6.07 Å². The predicted octanol–water partition coefficient (Wildman–Crippen LogP) is 4.22. The lowest BCUT2D eigenvalue weighted by Gasteiger charge is -2.19. The van der Waals surface area contributed by atoms with Gasteiger partial charge in [0.25, 0.3) is 0 Å². The van der Waals surface area contributed by atoms with Gasteiger partial charge in [0.1, 0.15) is 5.75 Å². The van der Waals surface area contributed by atoms with Crippen LogP contribution in [0.3, 0.4) is 0 Å². The van der Waals surface area contributed by atoms with E-state index in [1.807, 2.05) is 0 Å². The maximum Gasteiger partial charge on any atom is 0.416 e. The highest BCUT2D eigenvalue weighted by molar-refractivity contribution is 9.10. The van der Waals surface area contributed by atoms with Crippen LogP contribution in [0, 0.1) is 0 Å². The van der Waals surface area contributed by atoms with Crippen LogP contribution in [0.5, 0.6) is 5.75 Å². The lowest BCUT2D eigenvalue weighted by molar-refractivity contribution is -0.137. The van der Waals surface area contributed by atoms with E-state index < -0.39 is 16.3 Å². The summed E-state index contributed by atoms with van der Waals surface area (Å²) in [6, 6.07) is 4.78. The van der Waals surface area contributed by atoms with E-state index in [1.54, 1.807) is 13.8 Å². The maximum atomic E-state index is 12.3. The fourth-order valence-electron chi connectivity index (χ4n) is 1.02. The Morgan fingerprint density at radius 3 is 2.27 bits per heavy atom. The Bertz CT molecular complexity index is 341. The summed E-state index contributed by atoms with van der Waals surface area (Å²) < 4.78 is 41.6. The molecule has 0 fully saturated rings. The molecule has 1 aromatic carbocycles. The van der Waals surface area contributed by atoms with Crippen molar-refractivity contribution in [2.24, 2.45) is 0 Å². The van der Waals surface area contributed by atoms with Crippen LogP contribution >= 0.6 is 15.9 Å². The largest absolute Gasteiger partial charge is 0.477 e. The summed E-state index contributed by atoms with van der Waals surface area (Å²) in [5.74, 6) is 0.187. The Morgan fingerprint density at radius 2 is 1.80 bits per heavy atom. The van der Waals surface area contributed by atoms with E-state index in [0.29, 0.717) is 0 Å². The number of alkyl halides is 4. The first kappa shape index (κ1) is 12.4. The zero-order valence-electron chi connectivity index (χ0n) is 8.23. The normalized spacial score (nSPS) is 12.7. The van der Waals surface area contributed by atoms with Gasteiger partial charge in [-0.3, -0.25) is 0 Å². The Hall–Kier alpha value is -0.710. The summed E-state index contributed by atoms with van der Waals surface area (Å²) >= 11 is 3.19. The van der Waals surface area contributed by atoms with E-state index in [2.05, 4.69) is 15.9 Å². The molecule has 0 aliphatic heterocycles. The zero-order valence-corrected chi connectivity index (χ0v) is 9.82. The molecular formula is C10H10BrF3O. The highest BCUT2D eigenvalue weighted by Gasteiger charge is 2.31. The fraction of sp³-hybridized carbons (Fsp3) is 0.400. The van der Waals surface area contributed by atoms with Gasteiger partial charge in [0, 0.05) is 0 Å². The van der Waals surface area contributed by atoms with Gasteiger partial charge in [-0.2, -0.15) is 13.2 Å². The molecular weight excluding hydrogens is 273 g/mol. The van der Waals surface area contributed by atoms with Crippen molar-refractivity contribution in [3.8, 4) is 5.75 Å². The van der Waals surface area contributed by atoms with Crippen LogP contribution in [0.25, 0.3) is 0 Å². The van der Waals surface area contributed by atoms with E-state index in [4.69, 9.17) is 4.74 Å². The molecule has 1 rings (SSSR count). The van der Waals surface area contributed by atoms with Crippen LogP contribution in [-0.2, 0) is 6.18 Å². The van der Waals surface area contributed by atoms with Gasteiger partial charge < -0.3 is 4.74 Å². The van der Waals surface area contributed by atoms with Crippen LogP contribution in [-0.4, -0.2) is 4.51 Å². The SMILES string of the molecule is CC(C)(Br)Oc1cccc(C(F)(F)F)c1. The molecule has 0 bridgehead atoms. The molecule has 0 heterocycles. The molecule has 0 aliphatic rings. The summed E-state index contributed by atoms with van der Waals surface area (Å²) in [6.45, 7) is 3.40. The standard InChI is InChI=1S/C10H10BrF3O/c1-9(2,11)15-8-5-3-4-7(6-8)10(12,13)14/h3-6H,1-2H3. The van der Waals surface area contributed by atoms with Gasteiger partial charge >= 0.3 is 6.18 Å². The first-order valence-electron chi connectivity index (χ1n) is 4.24. The van der Waals surface area contributed by atoms with Crippen molar-refractivity contribution >= 4 is 15.9 Å². The average molecular weight is 283 g/mol. The van der Waals surface area contributed by atoms with E-state index in [1.165, 1.54) is 12.1 Å². The molecule has 0 aliphatic carbocycles. The molecule has 0 amide bonds. The first-order valence-corrected chi connectivity index (χ1v) is 5.03. The molecule has 0 spiro atoms. The molecule has 0 saturated carbocycles. The Labute approximate surface area is 94.4 Å². The van der Waals surface area contributed by atoms with E-state index in [0.717, 1.165) is 12.1 Å². The Morgan fingerprint density at radius 1 is 1.20 bits per heavy atom. The second-order valence-corrected chi connectivity index (χ2v) is 5.40. The van der Waals surface area contributed by atoms with Gasteiger partial charge in [-0.25, -0.2) is 0 Å². The predicted molar refractivity (Wildman–Crippen MR) is 55.1 cm³/mol. The fourth-order valence-corrected chi connectivity index (χ4v) is 1.20. The minimum Gasteiger partial charge on any atom is -0.477 e. The number of hydrogen-bond donors (Lipinski definition) is 0. The third-order valence-corrected chi connectivity index (χ3v) is 1.68. The molecule has 5 heteroatoms. The molecule has 0 aromatic heterocycles. The third-order valence-electron chi connectivity index (χ3n) is 1.52. The summed E-state index contributed by atoms with van der Waals surface area (Å²) in [6.07, 6.45) is -4.34. The lowest BCUT2D eigenvalue weighted by Crippen LogP contribution is -2.19. The number of halogens is 4. The number of benzene rings is 1. The molecule has 0 radical (unpaired) electrons. The van der Waals surface area contributed by atoms with Gasteiger partial charge in [-0.05, 0) is 48.0 Å². The summed E-state index contributed by atoms with van der Waals surface area (Å²) in [5, 5.41) is 0. The smallest absolute Gasteiger partial charge is 0.416 e. The highest BCUT2D eigenvalue weighted by atomic mass is 79.9. The third kappa shape index (κ3) is 4.11. The van der Waals surface area contributed by atoms with Crippen molar-refractivity contribution in [1.82, 2.24) is 0 Å². The van der Waals surface area contributed by atoms with Crippen LogP contribution in [0.1, 0.15) is 19.4 Å². The lowest BCUT2D eigenvalue weighted by atomic mass is 10.2. The molecule has 0 unspecified atom stereocenters. The van der Waals surface area contributed by atoms with Crippen molar-refractivity contribution in [2.75, 3.05) is 0 Å². The van der Waals surface area contributed by atoms with E-state index in [9.17, 15) is 13.2 Å². The van der Waals surface area contributed by atoms with E-state index in [-0.39, 0.29) is 5.75 Å². The summed E-state index contributed by atoms with van der Waals surface area (Å²) in [7, 11) is 0. The van der Waals surface area contributed by atoms with Crippen LogP contribution in [0.15, 0.2) is 24.3 Å². The highest BCUT2D eigenvalue weighted by Crippen LogP contribution is 2.32. The number of ether oxygens (including phenoxy) is 1. The number of hydrogen-bond acceptors (Lipinski definition) is 1. The van der Waals surface area contributed by atoms with Gasteiger partial charge in [-0.15, -0.1) is 0 Å². The minimum absolute atomic E-state index is 0.187. The molecule has 0 atom stereocenters. The molecule has 0 saturated heterocycles. The van der Waals surface area contributed by atoms with Crippen LogP contribution in [0.4, 0.5) is 13.2 Å². The summed E-state index contributed by atoms with van der Waals surface area (Å²) in [4.78, 5) is 0. The minimum atomic E-state index is -4.34. The van der Waals surface area contributed by atoms with Crippen molar-refractivity contribution < 1.29 is 17.9 Å². The van der Waals surface area contributed by atoms with Crippen molar-refractivity contribution in [2.45, 2.75) is 24.5 Å². The van der Waals surface area contributed by atoms with Gasteiger partial charge in [0.05, 0.1) is 5.56 Å². The monoisotopic (exact) mass is 282 g/mol. The second-order valence-electron chi connectivity index (χ2n) is 3.49. The van der Waals surface area contributed by atoms with Crippen molar-refractivity contribution in [3.63, 3.8) is 0 Å². The first-order chi connectivity index (χ1) is 6.68.